The van der Waals surface area contributed by atoms with Gasteiger partial charge in [0.25, 0.3) is 0 Å². The molecule has 0 spiro atoms. The lowest BCUT2D eigenvalue weighted by Crippen LogP contribution is -2.48. The van der Waals surface area contributed by atoms with Crippen LogP contribution in [-0.2, 0) is 0 Å². The van der Waals surface area contributed by atoms with Gasteiger partial charge in [-0.2, -0.15) is 0 Å². The number of aryl methyl sites for hydroxylation is 1. The maximum Gasteiger partial charge on any atom is 0.317 e. The molecule has 0 atom stereocenters. The summed E-state index contributed by atoms with van der Waals surface area (Å²) < 4.78 is 5.50. The minimum Gasteiger partial charge on any atom is -0.425 e. The van der Waals surface area contributed by atoms with E-state index in [-0.39, 0.29) is 6.03 Å². The topological polar surface area (TPSA) is 71.3 Å². The Kier molecular flexibility index (Phi) is 4.41. The van der Waals surface area contributed by atoms with Gasteiger partial charge in [0, 0.05) is 32.0 Å². The normalized spacial score (nSPS) is 21.5. The number of aromatic nitrogens is 2. The van der Waals surface area contributed by atoms with Crippen LogP contribution in [0.1, 0.15) is 62.6 Å². The largest absolute Gasteiger partial charge is 0.425 e. The molecule has 0 bridgehead atoms. The highest BCUT2D eigenvalue weighted by Crippen LogP contribution is 2.27. The van der Waals surface area contributed by atoms with E-state index in [1.54, 1.807) is 0 Å². The van der Waals surface area contributed by atoms with Crippen molar-refractivity contribution < 1.29 is 9.21 Å². The van der Waals surface area contributed by atoms with Gasteiger partial charge in [-0.05, 0) is 25.7 Å². The van der Waals surface area contributed by atoms with E-state index in [0.29, 0.717) is 17.9 Å². The first kappa shape index (κ1) is 14.4. The smallest absolute Gasteiger partial charge is 0.317 e. The van der Waals surface area contributed by atoms with Gasteiger partial charge in [0.1, 0.15) is 0 Å². The van der Waals surface area contributed by atoms with Gasteiger partial charge in [0.15, 0.2) is 0 Å². The maximum atomic E-state index is 12.3. The predicted octanol–water partition coefficient (Wildman–Crippen LogP) is 2.60. The Morgan fingerprint density at radius 1 is 1.14 bits per heavy atom. The zero-order valence-corrected chi connectivity index (χ0v) is 12.7. The number of hydrogen-bond acceptors (Lipinski definition) is 4. The van der Waals surface area contributed by atoms with Crippen LogP contribution >= 0.6 is 0 Å². The van der Waals surface area contributed by atoms with Crippen molar-refractivity contribution in [2.75, 3.05) is 13.1 Å². The van der Waals surface area contributed by atoms with Gasteiger partial charge < -0.3 is 14.6 Å². The Balaban J connectivity index is 1.47. The number of rotatable bonds is 2. The van der Waals surface area contributed by atoms with Gasteiger partial charge in [-0.15, -0.1) is 10.2 Å². The Morgan fingerprint density at radius 2 is 1.86 bits per heavy atom. The Labute approximate surface area is 125 Å². The summed E-state index contributed by atoms with van der Waals surface area (Å²) in [5.41, 5.74) is 0. The van der Waals surface area contributed by atoms with Crippen molar-refractivity contribution in [1.29, 1.82) is 0 Å². The van der Waals surface area contributed by atoms with Crippen molar-refractivity contribution in [2.24, 2.45) is 0 Å². The number of carbonyl (C=O) groups excluding carboxylic acids is 1. The van der Waals surface area contributed by atoms with Gasteiger partial charge in [-0.1, -0.05) is 19.3 Å². The third kappa shape index (κ3) is 3.54. The first-order valence-corrected chi connectivity index (χ1v) is 8.08. The molecule has 1 aliphatic heterocycles. The number of likely N-dealkylation sites (tertiary alicyclic amines) is 1. The molecule has 2 amide bonds. The molecule has 1 aliphatic carbocycles. The second-order valence-electron chi connectivity index (χ2n) is 6.21. The van der Waals surface area contributed by atoms with Crippen LogP contribution in [-0.4, -0.2) is 40.3 Å². The maximum absolute atomic E-state index is 12.3. The van der Waals surface area contributed by atoms with Crippen LogP contribution in [0.4, 0.5) is 4.79 Å². The van der Waals surface area contributed by atoms with Crippen molar-refractivity contribution in [3.63, 3.8) is 0 Å². The molecule has 116 valence electrons. The minimum absolute atomic E-state index is 0.0991. The van der Waals surface area contributed by atoms with Crippen molar-refractivity contribution in [3.05, 3.63) is 11.8 Å². The number of piperidine rings is 1. The molecule has 1 aromatic rings. The van der Waals surface area contributed by atoms with Crippen LogP contribution in [0.5, 0.6) is 0 Å². The molecule has 1 saturated heterocycles. The summed E-state index contributed by atoms with van der Waals surface area (Å²) in [4.78, 5) is 14.2. The molecule has 3 rings (SSSR count). The summed E-state index contributed by atoms with van der Waals surface area (Å²) >= 11 is 0. The Bertz CT molecular complexity index is 474. The molecule has 2 heterocycles. The van der Waals surface area contributed by atoms with E-state index in [4.69, 9.17) is 4.42 Å². The fourth-order valence-electron chi connectivity index (χ4n) is 3.32. The molecule has 6 nitrogen and oxygen atoms in total. The summed E-state index contributed by atoms with van der Waals surface area (Å²) in [5.74, 6) is 1.63. The molecule has 1 saturated carbocycles. The summed E-state index contributed by atoms with van der Waals surface area (Å²) in [7, 11) is 0. The number of nitrogens with one attached hydrogen (secondary N) is 1. The van der Waals surface area contributed by atoms with E-state index in [9.17, 15) is 4.79 Å². The van der Waals surface area contributed by atoms with Crippen LogP contribution in [0.2, 0.25) is 0 Å². The Morgan fingerprint density at radius 3 is 2.48 bits per heavy atom. The Hall–Kier alpha value is -1.59. The second-order valence-corrected chi connectivity index (χ2v) is 6.21. The van der Waals surface area contributed by atoms with Gasteiger partial charge in [-0.3, -0.25) is 0 Å². The van der Waals surface area contributed by atoms with Crippen molar-refractivity contribution in [2.45, 2.75) is 63.8 Å². The average Bonchev–Trinajstić information content (AvgIpc) is 2.95. The molecular weight excluding hydrogens is 268 g/mol. The third-order valence-corrected chi connectivity index (χ3v) is 4.61. The van der Waals surface area contributed by atoms with Crippen molar-refractivity contribution in [3.8, 4) is 0 Å². The molecule has 6 heteroatoms. The lowest BCUT2D eigenvalue weighted by Gasteiger charge is -2.32. The standard InChI is InChI=1S/C15H24N4O2/c1-11-17-18-14(21-11)12-7-9-19(10-8-12)15(20)16-13-5-3-2-4-6-13/h12-13H,2-10H2,1H3,(H,16,20). The van der Waals surface area contributed by atoms with E-state index in [1.165, 1.54) is 19.3 Å². The van der Waals surface area contributed by atoms with Gasteiger partial charge >= 0.3 is 6.03 Å². The predicted molar refractivity (Wildman–Crippen MR) is 78.0 cm³/mol. The van der Waals surface area contributed by atoms with Crippen LogP contribution in [0.3, 0.4) is 0 Å². The number of hydrogen-bond donors (Lipinski definition) is 1. The molecule has 0 radical (unpaired) electrons. The molecule has 0 aromatic carbocycles. The molecule has 1 N–H and O–H groups in total. The lowest BCUT2D eigenvalue weighted by molar-refractivity contribution is 0.170. The number of amides is 2. The zero-order valence-electron chi connectivity index (χ0n) is 12.7. The van der Waals surface area contributed by atoms with Crippen LogP contribution in [0, 0.1) is 6.92 Å². The van der Waals surface area contributed by atoms with Gasteiger partial charge in [-0.25, -0.2) is 4.79 Å². The van der Waals surface area contributed by atoms with E-state index in [2.05, 4.69) is 15.5 Å². The monoisotopic (exact) mass is 292 g/mol. The fourth-order valence-corrected chi connectivity index (χ4v) is 3.32. The van der Waals surface area contributed by atoms with Crippen LogP contribution < -0.4 is 5.32 Å². The van der Waals surface area contributed by atoms with E-state index in [0.717, 1.165) is 44.7 Å². The minimum atomic E-state index is 0.0991. The summed E-state index contributed by atoms with van der Waals surface area (Å²) in [6.07, 6.45) is 7.85. The van der Waals surface area contributed by atoms with Crippen LogP contribution in [0.15, 0.2) is 4.42 Å². The molecule has 21 heavy (non-hydrogen) atoms. The summed E-state index contributed by atoms with van der Waals surface area (Å²) in [5, 5.41) is 11.2. The average molecular weight is 292 g/mol. The SMILES string of the molecule is Cc1nnc(C2CCN(C(=O)NC3CCCCC3)CC2)o1. The molecule has 2 aliphatic rings. The van der Waals surface area contributed by atoms with E-state index < -0.39 is 0 Å². The van der Waals surface area contributed by atoms with E-state index >= 15 is 0 Å². The van der Waals surface area contributed by atoms with Gasteiger partial charge in [0.2, 0.25) is 11.8 Å². The highest BCUT2D eigenvalue weighted by Gasteiger charge is 2.28. The second kappa shape index (κ2) is 6.45. The summed E-state index contributed by atoms with van der Waals surface area (Å²) in [6.45, 7) is 3.35. The van der Waals surface area contributed by atoms with Gasteiger partial charge in [0.05, 0.1) is 0 Å². The molecule has 0 unspecified atom stereocenters. The van der Waals surface area contributed by atoms with E-state index in [1.807, 2.05) is 11.8 Å². The molecular formula is C15H24N4O2. The number of carbonyl (C=O) groups is 1. The molecule has 2 fully saturated rings. The first-order chi connectivity index (χ1) is 10.2. The third-order valence-electron chi connectivity index (χ3n) is 4.61. The summed E-state index contributed by atoms with van der Waals surface area (Å²) in [6, 6.07) is 0.477. The lowest BCUT2D eigenvalue weighted by atomic mass is 9.95. The molecule has 1 aromatic heterocycles. The number of nitrogens with zero attached hydrogens (tertiary/aromatic N) is 3. The quantitative estimate of drug-likeness (QED) is 0.909. The number of urea groups is 1. The fraction of sp³-hybridized carbons (Fsp3) is 0.800. The van der Waals surface area contributed by atoms with Crippen molar-refractivity contribution in [1.82, 2.24) is 20.4 Å². The van der Waals surface area contributed by atoms with Crippen LogP contribution in [0.25, 0.3) is 0 Å². The van der Waals surface area contributed by atoms with Crippen molar-refractivity contribution >= 4 is 6.03 Å². The zero-order chi connectivity index (χ0) is 14.7. The first-order valence-electron chi connectivity index (χ1n) is 8.08. The highest BCUT2D eigenvalue weighted by atomic mass is 16.4. The highest BCUT2D eigenvalue weighted by molar-refractivity contribution is 5.74.